The minimum Gasteiger partial charge on any atom is -0.359 e. The van der Waals surface area contributed by atoms with Gasteiger partial charge in [-0.15, -0.1) is 0 Å². The van der Waals surface area contributed by atoms with Crippen LogP contribution in [0.15, 0.2) is 59.6 Å². The van der Waals surface area contributed by atoms with Crippen molar-refractivity contribution in [2.45, 2.75) is 19.5 Å². The van der Waals surface area contributed by atoms with Gasteiger partial charge in [-0.2, -0.15) is 5.10 Å². The van der Waals surface area contributed by atoms with Crippen molar-refractivity contribution in [3.8, 4) is 22.6 Å². The zero-order valence-corrected chi connectivity index (χ0v) is 15.3. The van der Waals surface area contributed by atoms with E-state index < -0.39 is 0 Å². The van der Waals surface area contributed by atoms with Gasteiger partial charge in [-0.05, 0) is 24.3 Å². The first-order chi connectivity index (χ1) is 13.8. The van der Waals surface area contributed by atoms with Crippen molar-refractivity contribution in [3.63, 3.8) is 0 Å². The van der Waals surface area contributed by atoms with E-state index in [1.807, 2.05) is 35.0 Å². The number of aromatic nitrogens is 6. The molecule has 8 nitrogen and oxygen atoms in total. The lowest BCUT2D eigenvalue weighted by atomic mass is 10.2. The minimum absolute atomic E-state index is 0.721. The molecule has 1 aliphatic heterocycles. The topological polar surface area (TPSA) is 85.8 Å². The summed E-state index contributed by atoms with van der Waals surface area (Å²) in [7, 11) is 0. The second kappa shape index (κ2) is 7.32. The standard InChI is InChI=1S/C20H19N7O/c1-2-16(13-22-6-1)20-23-19-5-9-26(10-11-27(19)24-20)14-17-12-18(25-28-17)15-3-7-21-8-4-15/h1-4,6-8,12-13H,5,9-11,14H2. The van der Waals surface area contributed by atoms with Crippen LogP contribution in [0.5, 0.6) is 0 Å². The Morgan fingerprint density at radius 1 is 0.964 bits per heavy atom. The van der Waals surface area contributed by atoms with Crippen molar-refractivity contribution in [2.24, 2.45) is 0 Å². The van der Waals surface area contributed by atoms with E-state index in [0.29, 0.717) is 0 Å². The van der Waals surface area contributed by atoms with Gasteiger partial charge in [-0.3, -0.25) is 14.9 Å². The summed E-state index contributed by atoms with van der Waals surface area (Å²) in [6.45, 7) is 3.30. The van der Waals surface area contributed by atoms with Crippen molar-refractivity contribution < 1.29 is 4.52 Å². The smallest absolute Gasteiger partial charge is 0.182 e. The summed E-state index contributed by atoms with van der Waals surface area (Å²) >= 11 is 0. The molecule has 0 radical (unpaired) electrons. The summed E-state index contributed by atoms with van der Waals surface area (Å²) in [5, 5.41) is 8.85. The number of nitrogens with zero attached hydrogens (tertiary/aromatic N) is 7. The van der Waals surface area contributed by atoms with Crippen LogP contribution in [0.4, 0.5) is 0 Å². The van der Waals surface area contributed by atoms with Gasteiger partial charge in [-0.1, -0.05) is 5.16 Å². The lowest BCUT2D eigenvalue weighted by Crippen LogP contribution is -2.26. The highest BCUT2D eigenvalue weighted by atomic mass is 16.5. The van der Waals surface area contributed by atoms with E-state index in [-0.39, 0.29) is 0 Å². The van der Waals surface area contributed by atoms with Crippen molar-refractivity contribution >= 4 is 0 Å². The van der Waals surface area contributed by atoms with Gasteiger partial charge in [0.25, 0.3) is 0 Å². The molecule has 5 rings (SSSR count). The van der Waals surface area contributed by atoms with Crippen LogP contribution in [0.25, 0.3) is 22.6 Å². The SMILES string of the molecule is c1cncc(-c2nc3n(n2)CCN(Cc2cc(-c4ccncc4)no2)CC3)c1. The first kappa shape index (κ1) is 16.8. The average Bonchev–Trinajstić information content (AvgIpc) is 3.34. The molecule has 8 heteroatoms. The summed E-state index contributed by atoms with van der Waals surface area (Å²) in [4.78, 5) is 15.2. The van der Waals surface area contributed by atoms with Crippen LogP contribution in [-0.2, 0) is 19.5 Å². The van der Waals surface area contributed by atoms with Gasteiger partial charge in [0.15, 0.2) is 11.6 Å². The lowest BCUT2D eigenvalue weighted by Gasteiger charge is -2.17. The van der Waals surface area contributed by atoms with E-state index in [0.717, 1.165) is 66.8 Å². The highest BCUT2D eigenvalue weighted by molar-refractivity contribution is 5.57. The Balaban J connectivity index is 1.26. The van der Waals surface area contributed by atoms with Crippen molar-refractivity contribution in [1.29, 1.82) is 0 Å². The summed E-state index contributed by atoms with van der Waals surface area (Å²) in [6, 6.07) is 9.74. The predicted octanol–water partition coefficient (Wildman–Crippen LogP) is 2.45. The van der Waals surface area contributed by atoms with Crippen LogP contribution in [0.2, 0.25) is 0 Å². The third kappa shape index (κ3) is 3.41. The minimum atomic E-state index is 0.721. The zero-order valence-electron chi connectivity index (χ0n) is 15.3. The molecule has 0 spiro atoms. The third-order valence-electron chi connectivity index (χ3n) is 4.86. The van der Waals surface area contributed by atoms with Crippen LogP contribution in [0.3, 0.4) is 0 Å². The second-order valence-corrected chi connectivity index (χ2v) is 6.76. The molecule has 0 saturated carbocycles. The molecule has 0 atom stereocenters. The summed E-state index contributed by atoms with van der Waals surface area (Å²) in [5.74, 6) is 2.61. The van der Waals surface area contributed by atoms with Crippen LogP contribution in [0, 0.1) is 0 Å². The maximum atomic E-state index is 5.54. The van der Waals surface area contributed by atoms with E-state index in [1.54, 1.807) is 24.8 Å². The van der Waals surface area contributed by atoms with Crippen molar-refractivity contribution in [1.82, 2.24) is 34.8 Å². The fourth-order valence-corrected chi connectivity index (χ4v) is 3.39. The largest absolute Gasteiger partial charge is 0.359 e. The number of hydrogen-bond donors (Lipinski definition) is 0. The maximum Gasteiger partial charge on any atom is 0.182 e. The van der Waals surface area contributed by atoms with Crippen LogP contribution in [-0.4, -0.2) is 47.9 Å². The molecule has 5 heterocycles. The Hall–Kier alpha value is -3.39. The number of pyridine rings is 2. The van der Waals surface area contributed by atoms with E-state index >= 15 is 0 Å². The normalized spacial score (nSPS) is 14.6. The quantitative estimate of drug-likeness (QED) is 0.543. The first-order valence-electron chi connectivity index (χ1n) is 9.27. The monoisotopic (exact) mass is 373 g/mol. The molecule has 1 aliphatic rings. The Morgan fingerprint density at radius 3 is 2.75 bits per heavy atom. The van der Waals surface area contributed by atoms with E-state index in [4.69, 9.17) is 9.51 Å². The summed E-state index contributed by atoms with van der Waals surface area (Å²) in [6.07, 6.45) is 7.91. The van der Waals surface area contributed by atoms with Crippen LogP contribution >= 0.6 is 0 Å². The van der Waals surface area contributed by atoms with Gasteiger partial charge in [-0.25, -0.2) is 9.67 Å². The lowest BCUT2D eigenvalue weighted by molar-refractivity contribution is 0.234. The highest BCUT2D eigenvalue weighted by Gasteiger charge is 2.19. The molecule has 4 aromatic rings. The van der Waals surface area contributed by atoms with Crippen LogP contribution in [0.1, 0.15) is 11.6 Å². The molecular formula is C20H19N7O. The summed E-state index contributed by atoms with van der Waals surface area (Å²) in [5.41, 5.74) is 2.79. The molecule has 0 saturated heterocycles. The van der Waals surface area contributed by atoms with Gasteiger partial charge in [0.1, 0.15) is 11.5 Å². The number of rotatable bonds is 4. The van der Waals surface area contributed by atoms with Gasteiger partial charge in [0, 0.05) is 61.5 Å². The molecule has 0 N–H and O–H groups in total. The van der Waals surface area contributed by atoms with Crippen molar-refractivity contribution in [3.05, 3.63) is 66.7 Å². The molecular weight excluding hydrogens is 354 g/mol. The van der Waals surface area contributed by atoms with E-state index in [9.17, 15) is 0 Å². The fraction of sp³-hybridized carbons (Fsp3) is 0.250. The fourth-order valence-electron chi connectivity index (χ4n) is 3.39. The van der Waals surface area contributed by atoms with E-state index in [2.05, 4.69) is 25.1 Å². The Morgan fingerprint density at radius 2 is 1.89 bits per heavy atom. The second-order valence-electron chi connectivity index (χ2n) is 6.76. The first-order valence-corrected chi connectivity index (χ1v) is 9.27. The predicted molar refractivity (Wildman–Crippen MR) is 102 cm³/mol. The molecule has 28 heavy (non-hydrogen) atoms. The Bertz CT molecular complexity index is 1030. The number of fused-ring (bicyclic) bond motifs is 1. The molecule has 0 aromatic carbocycles. The number of hydrogen-bond acceptors (Lipinski definition) is 7. The Kier molecular flexibility index (Phi) is 4.38. The summed E-state index contributed by atoms with van der Waals surface area (Å²) < 4.78 is 7.55. The van der Waals surface area contributed by atoms with E-state index in [1.165, 1.54) is 0 Å². The molecule has 0 aliphatic carbocycles. The molecule has 140 valence electrons. The molecule has 0 unspecified atom stereocenters. The molecule has 0 fully saturated rings. The average molecular weight is 373 g/mol. The van der Waals surface area contributed by atoms with Crippen molar-refractivity contribution in [2.75, 3.05) is 13.1 Å². The highest BCUT2D eigenvalue weighted by Crippen LogP contribution is 2.20. The van der Waals surface area contributed by atoms with Gasteiger partial charge in [0.05, 0.1) is 13.1 Å². The molecule has 4 aromatic heterocycles. The van der Waals surface area contributed by atoms with Gasteiger partial charge in [0.2, 0.25) is 0 Å². The maximum absolute atomic E-state index is 5.54. The third-order valence-corrected chi connectivity index (χ3v) is 4.86. The Labute approximate surface area is 161 Å². The van der Waals surface area contributed by atoms with Crippen LogP contribution < -0.4 is 0 Å². The zero-order chi connectivity index (χ0) is 18.8. The van der Waals surface area contributed by atoms with Gasteiger partial charge >= 0.3 is 0 Å². The van der Waals surface area contributed by atoms with Gasteiger partial charge < -0.3 is 4.52 Å². The molecule has 0 bridgehead atoms. The molecule has 0 amide bonds.